The van der Waals surface area contributed by atoms with Crippen LogP contribution in [0.25, 0.3) is 10.9 Å². The smallest absolute Gasteiger partial charge is 0.111 e. The lowest BCUT2D eigenvalue weighted by Gasteiger charge is -2.05. The second-order valence-electron chi connectivity index (χ2n) is 3.62. The summed E-state index contributed by atoms with van der Waals surface area (Å²) < 4.78 is 0.972. The van der Waals surface area contributed by atoms with Crippen LogP contribution >= 0.6 is 24.0 Å². The van der Waals surface area contributed by atoms with Crippen molar-refractivity contribution in [2.24, 2.45) is 0 Å². The first-order valence-electron chi connectivity index (χ1n) is 5.32. The lowest BCUT2D eigenvalue weighted by Crippen LogP contribution is -2.20. The first-order valence-corrected chi connectivity index (χ1v) is 7.22. The van der Waals surface area contributed by atoms with Gasteiger partial charge in [-0.1, -0.05) is 30.4 Å². The van der Waals surface area contributed by atoms with E-state index in [1.54, 1.807) is 0 Å². The Bertz CT molecular complexity index is 490. The maximum atomic E-state index is 5.14. The molecule has 2 nitrogen and oxygen atoms in total. The molecule has 1 heterocycles. The average Bonchev–Trinajstić information content (AvgIpc) is 2.73. The summed E-state index contributed by atoms with van der Waals surface area (Å²) >= 11 is 5.84. The van der Waals surface area contributed by atoms with Gasteiger partial charge in [-0.25, -0.2) is 11.8 Å². The van der Waals surface area contributed by atoms with Crippen molar-refractivity contribution in [3.8, 4) is 0 Å². The normalized spacial score (nSPS) is 11.8. The first-order chi connectivity index (χ1) is 7.81. The Morgan fingerprint density at radius 3 is 3.06 bits per heavy atom. The third-order valence-electron chi connectivity index (χ3n) is 2.58. The number of nitrogens with one attached hydrogen (secondary N) is 2. The SMILES string of the molecule is C[SH2]C(=S)NCCc1c[nH]c2ccccc12. The molecule has 0 atom stereocenters. The highest BCUT2D eigenvalue weighted by atomic mass is 32.2. The fourth-order valence-electron chi connectivity index (χ4n) is 1.74. The van der Waals surface area contributed by atoms with Crippen molar-refractivity contribution in [1.29, 1.82) is 0 Å². The molecule has 0 fully saturated rings. The average molecular weight is 252 g/mol. The predicted octanol–water partition coefficient (Wildman–Crippen LogP) is 2.41. The van der Waals surface area contributed by atoms with Gasteiger partial charge in [0.2, 0.25) is 0 Å². The van der Waals surface area contributed by atoms with Gasteiger partial charge in [0.1, 0.15) is 4.32 Å². The van der Waals surface area contributed by atoms with E-state index in [4.69, 9.17) is 12.2 Å². The van der Waals surface area contributed by atoms with Crippen molar-refractivity contribution in [1.82, 2.24) is 10.3 Å². The van der Waals surface area contributed by atoms with Gasteiger partial charge in [-0.2, -0.15) is 0 Å². The number of rotatable bonds is 3. The van der Waals surface area contributed by atoms with Gasteiger partial charge in [-0.15, -0.1) is 0 Å². The van der Waals surface area contributed by atoms with Gasteiger partial charge in [0, 0.05) is 23.6 Å². The van der Waals surface area contributed by atoms with E-state index >= 15 is 0 Å². The first kappa shape index (κ1) is 11.5. The summed E-state index contributed by atoms with van der Waals surface area (Å²) in [6.07, 6.45) is 5.19. The minimum Gasteiger partial charge on any atom is -0.372 e. The predicted molar refractivity (Wildman–Crippen MR) is 78.9 cm³/mol. The summed E-state index contributed by atoms with van der Waals surface area (Å²) in [6.45, 7) is 0.918. The number of fused-ring (bicyclic) bond motifs is 1. The largest absolute Gasteiger partial charge is 0.372 e. The van der Waals surface area contributed by atoms with Crippen LogP contribution in [0.5, 0.6) is 0 Å². The zero-order chi connectivity index (χ0) is 11.4. The molecular formula is C12H16N2S2. The molecule has 0 spiro atoms. The molecule has 4 heteroatoms. The molecule has 0 aliphatic rings. The van der Waals surface area contributed by atoms with Crippen molar-refractivity contribution in [3.05, 3.63) is 36.0 Å². The number of aromatic amines is 1. The van der Waals surface area contributed by atoms with E-state index in [1.165, 1.54) is 16.5 Å². The van der Waals surface area contributed by atoms with Crippen LogP contribution in [0.2, 0.25) is 0 Å². The number of hydrogen-bond donors (Lipinski definition) is 2. The summed E-state index contributed by atoms with van der Waals surface area (Å²) in [7, 11) is 0. The van der Waals surface area contributed by atoms with E-state index in [0.717, 1.165) is 17.3 Å². The Hall–Kier alpha value is -1.00. The van der Waals surface area contributed by atoms with Crippen molar-refractivity contribution in [3.63, 3.8) is 0 Å². The maximum Gasteiger partial charge on any atom is 0.111 e. The molecule has 1 aromatic heterocycles. The molecule has 0 aliphatic carbocycles. The van der Waals surface area contributed by atoms with Gasteiger partial charge in [0.25, 0.3) is 0 Å². The summed E-state index contributed by atoms with van der Waals surface area (Å²) in [4.78, 5) is 3.28. The third kappa shape index (κ3) is 2.57. The quantitative estimate of drug-likeness (QED) is 0.821. The minimum absolute atomic E-state index is 0.700. The van der Waals surface area contributed by atoms with Gasteiger partial charge < -0.3 is 10.3 Å². The van der Waals surface area contributed by atoms with Crippen molar-refractivity contribution in [2.45, 2.75) is 6.42 Å². The van der Waals surface area contributed by atoms with E-state index in [-0.39, 0.29) is 0 Å². The van der Waals surface area contributed by atoms with E-state index in [1.807, 2.05) is 6.07 Å². The molecule has 1 aromatic carbocycles. The van der Waals surface area contributed by atoms with Crippen LogP contribution in [-0.4, -0.2) is 22.1 Å². The van der Waals surface area contributed by atoms with Gasteiger partial charge >= 0.3 is 0 Å². The van der Waals surface area contributed by atoms with Gasteiger partial charge in [-0.05, 0) is 24.3 Å². The number of aromatic nitrogens is 1. The minimum atomic E-state index is 0.700. The van der Waals surface area contributed by atoms with Crippen LogP contribution in [0.3, 0.4) is 0 Å². The maximum absolute atomic E-state index is 5.14. The summed E-state index contributed by atoms with van der Waals surface area (Å²) in [5.74, 6) is 0. The number of benzene rings is 1. The zero-order valence-corrected chi connectivity index (χ0v) is 11.0. The van der Waals surface area contributed by atoms with E-state index in [0.29, 0.717) is 11.8 Å². The van der Waals surface area contributed by atoms with E-state index in [2.05, 4.69) is 41.0 Å². The Balaban J connectivity index is 2.02. The highest BCUT2D eigenvalue weighted by Gasteiger charge is 2.02. The molecule has 0 bridgehead atoms. The van der Waals surface area contributed by atoms with Crippen molar-refractivity contribution >= 4 is 39.2 Å². The Morgan fingerprint density at radius 2 is 2.25 bits per heavy atom. The lowest BCUT2D eigenvalue weighted by atomic mass is 10.1. The van der Waals surface area contributed by atoms with Crippen LogP contribution < -0.4 is 5.32 Å². The second-order valence-corrected chi connectivity index (χ2v) is 5.39. The molecular weight excluding hydrogens is 236 g/mol. The highest BCUT2D eigenvalue weighted by molar-refractivity contribution is 8.22. The van der Waals surface area contributed by atoms with E-state index in [9.17, 15) is 0 Å². The van der Waals surface area contributed by atoms with Crippen molar-refractivity contribution < 1.29 is 0 Å². The molecule has 0 saturated heterocycles. The highest BCUT2D eigenvalue weighted by Crippen LogP contribution is 2.17. The molecule has 0 saturated carbocycles. The fraction of sp³-hybridized carbons (Fsp3) is 0.250. The topological polar surface area (TPSA) is 27.8 Å². The molecule has 2 rings (SSSR count). The van der Waals surface area contributed by atoms with Gasteiger partial charge in [0.15, 0.2) is 0 Å². The fourth-order valence-corrected chi connectivity index (χ4v) is 2.14. The number of thiocarbonyl (C=S) groups is 1. The van der Waals surface area contributed by atoms with Crippen LogP contribution in [0.15, 0.2) is 30.5 Å². The summed E-state index contributed by atoms with van der Waals surface area (Å²) in [5.41, 5.74) is 2.56. The lowest BCUT2D eigenvalue weighted by molar-refractivity contribution is 0.887. The standard InChI is InChI=1S/C12H16N2S2/c1-16-12(15)13-7-6-9-8-14-11-5-3-2-4-10(9)11/h2-5,8,14H,6-7,16H2,1H3,(H,13,15). The number of para-hydroxylation sites is 1. The number of H-pyrrole nitrogens is 1. The summed E-state index contributed by atoms with van der Waals surface area (Å²) in [6, 6.07) is 8.38. The Kier molecular flexibility index (Phi) is 3.85. The molecule has 86 valence electrons. The second kappa shape index (κ2) is 5.37. The monoisotopic (exact) mass is 252 g/mol. The molecule has 16 heavy (non-hydrogen) atoms. The molecule has 0 radical (unpaired) electrons. The molecule has 2 N–H and O–H groups in total. The molecule has 2 aromatic rings. The van der Waals surface area contributed by atoms with Gasteiger partial charge in [-0.3, -0.25) is 0 Å². The van der Waals surface area contributed by atoms with Crippen LogP contribution in [-0.2, 0) is 6.42 Å². The molecule has 0 unspecified atom stereocenters. The van der Waals surface area contributed by atoms with Crippen LogP contribution in [0.4, 0.5) is 0 Å². The molecule has 0 amide bonds. The molecule has 0 aliphatic heterocycles. The Labute approximate surface area is 105 Å². The van der Waals surface area contributed by atoms with Gasteiger partial charge in [0.05, 0.1) is 0 Å². The van der Waals surface area contributed by atoms with Crippen molar-refractivity contribution in [2.75, 3.05) is 12.8 Å². The zero-order valence-electron chi connectivity index (χ0n) is 9.21. The van der Waals surface area contributed by atoms with Crippen LogP contribution in [0, 0.1) is 0 Å². The Morgan fingerprint density at radius 1 is 1.44 bits per heavy atom. The summed E-state index contributed by atoms with van der Waals surface area (Å²) in [5, 5.41) is 4.58. The van der Waals surface area contributed by atoms with E-state index < -0.39 is 0 Å². The third-order valence-corrected chi connectivity index (χ3v) is 3.97. The number of hydrogen-bond acceptors (Lipinski definition) is 1. The van der Waals surface area contributed by atoms with Crippen LogP contribution in [0.1, 0.15) is 5.56 Å².